The number of esters is 1. The van der Waals surface area contributed by atoms with Crippen LogP contribution < -0.4 is 0 Å². The Hall–Kier alpha value is -1.11. The molecule has 1 aliphatic rings. The molecule has 1 heterocycles. The van der Waals surface area contributed by atoms with Gasteiger partial charge in [0.1, 0.15) is 0 Å². The van der Waals surface area contributed by atoms with Gasteiger partial charge in [0.2, 0.25) is 0 Å². The van der Waals surface area contributed by atoms with E-state index in [-0.39, 0.29) is 24.5 Å². The van der Waals surface area contributed by atoms with E-state index in [4.69, 9.17) is 4.74 Å². The third-order valence-corrected chi connectivity index (χ3v) is 6.24. The number of carbonyl (C=O) groups excluding carboxylic acids is 1. The molecule has 0 aromatic carbocycles. The van der Waals surface area contributed by atoms with E-state index < -0.39 is 39.0 Å². The second kappa shape index (κ2) is 6.77. The van der Waals surface area contributed by atoms with Gasteiger partial charge >= 0.3 is 11.9 Å². The first kappa shape index (κ1) is 17.9. The molecule has 1 N–H and O–H groups in total. The zero-order valence-electron chi connectivity index (χ0n) is 12.8. The second-order valence-electron chi connectivity index (χ2n) is 5.51. The molecule has 1 aliphatic heterocycles. The molecule has 2 unspecified atom stereocenters. The number of aliphatic carboxylic acids is 1. The molecule has 0 spiro atoms. The summed E-state index contributed by atoms with van der Waals surface area (Å²) in [6.07, 6.45) is 1.17. The molecule has 2 atom stereocenters. The molecule has 0 aliphatic carbocycles. The molecule has 6 nitrogen and oxygen atoms in total. The largest absolute Gasteiger partial charge is 0.480 e. The van der Waals surface area contributed by atoms with Crippen LogP contribution in [0.5, 0.6) is 0 Å². The van der Waals surface area contributed by atoms with Crippen LogP contribution >= 0.6 is 0 Å². The van der Waals surface area contributed by atoms with Crippen LogP contribution in [0.25, 0.3) is 0 Å². The van der Waals surface area contributed by atoms with Gasteiger partial charge in [-0.2, -0.15) is 0 Å². The monoisotopic (exact) mass is 320 g/mol. The third kappa shape index (κ3) is 3.22. The summed E-state index contributed by atoms with van der Waals surface area (Å²) < 4.78 is 28.5. The van der Waals surface area contributed by atoms with Crippen molar-refractivity contribution >= 4 is 21.8 Å². The summed E-state index contributed by atoms with van der Waals surface area (Å²) >= 11 is 0. The second-order valence-corrected chi connectivity index (χ2v) is 7.74. The fraction of sp³-hybridized carbons (Fsp3) is 0.857. The lowest BCUT2D eigenvalue weighted by Gasteiger charge is -2.38. The highest BCUT2D eigenvalue weighted by molar-refractivity contribution is 7.91. The molecule has 1 fully saturated rings. The fourth-order valence-electron chi connectivity index (χ4n) is 3.44. The van der Waals surface area contributed by atoms with Crippen LogP contribution in [0, 0.1) is 17.3 Å². The number of rotatable bonds is 7. The normalized spacial score (nSPS) is 23.7. The van der Waals surface area contributed by atoms with Crippen LogP contribution in [0.1, 0.15) is 40.0 Å². The van der Waals surface area contributed by atoms with Crippen molar-refractivity contribution < 1.29 is 27.9 Å². The molecule has 0 saturated carbocycles. The van der Waals surface area contributed by atoms with E-state index in [1.54, 1.807) is 6.92 Å². The van der Waals surface area contributed by atoms with Gasteiger partial charge < -0.3 is 9.84 Å². The SMILES string of the molecule is CCOC(=O)C(C(=O)O)(C(CC)CC)C1CCS(=O)(=O)C1. The molecule has 0 aromatic heterocycles. The van der Waals surface area contributed by atoms with Gasteiger partial charge in [-0.1, -0.05) is 26.7 Å². The molecule has 122 valence electrons. The van der Waals surface area contributed by atoms with E-state index in [1.165, 1.54) is 0 Å². The van der Waals surface area contributed by atoms with Crippen molar-refractivity contribution in [1.82, 2.24) is 0 Å². The quantitative estimate of drug-likeness (QED) is 0.564. The molecule has 0 amide bonds. The van der Waals surface area contributed by atoms with Gasteiger partial charge in [-0.15, -0.1) is 0 Å². The van der Waals surface area contributed by atoms with E-state index in [9.17, 15) is 23.1 Å². The number of hydrogen-bond acceptors (Lipinski definition) is 5. The summed E-state index contributed by atoms with van der Waals surface area (Å²) in [5.41, 5.74) is -1.76. The van der Waals surface area contributed by atoms with Crippen LogP contribution in [0.2, 0.25) is 0 Å². The summed E-state index contributed by atoms with van der Waals surface area (Å²) in [6.45, 7) is 5.32. The van der Waals surface area contributed by atoms with Gasteiger partial charge in [-0.25, -0.2) is 8.42 Å². The molecule has 1 saturated heterocycles. The lowest BCUT2D eigenvalue weighted by atomic mass is 9.64. The molecule has 0 aromatic rings. The first-order valence-corrected chi connectivity index (χ1v) is 9.19. The van der Waals surface area contributed by atoms with Crippen molar-refractivity contribution in [1.29, 1.82) is 0 Å². The Morgan fingerprint density at radius 1 is 1.29 bits per heavy atom. The average Bonchev–Trinajstić information content (AvgIpc) is 2.75. The van der Waals surface area contributed by atoms with E-state index >= 15 is 0 Å². The maximum absolute atomic E-state index is 12.5. The first-order valence-electron chi connectivity index (χ1n) is 7.37. The number of hydrogen-bond donors (Lipinski definition) is 1. The highest BCUT2D eigenvalue weighted by Crippen LogP contribution is 2.46. The predicted octanol–water partition coefficient (Wildman–Crippen LogP) is 1.49. The Labute approximate surface area is 125 Å². The van der Waals surface area contributed by atoms with Crippen LogP contribution in [-0.2, 0) is 24.2 Å². The highest BCUT2D eigenvalue weighted by Gasteiger charge is 2.60. The van der Waals surface area contributed by atoms with E-state index in [0.29, 0.717) is 12.8 Å². The third-order valence-electron chi connectivity index (χ3n) is 4.47. The maximum Gasteiger partial charge on any atom is 0.324 e. The molecule has 1 rings (SSSR count). The van der Waals surface area contributed by atoms with E-state index in [1.807, 2.05) is 13.8 Å². The van der Waals surface area contributed by atoms with Crippen LogP contribution in [0.4, 0.5) is 0 Å². The minimum Gasteiger partial charge on any atom is -0.480 e. The first-order chi connectivity index (χ1) is 9.76. The highest BCUT2D eigenvalue weighted by atomic mass is 32.2. The fourth-order valence-corrected chi connectivity index (χ4v) is 5.29. The minimum atomic E-state index is -3.28. The molecule has 7 heteroatoms. The van der Waals surface area contributed by atoms with Gasteiger partial charge in [0.25, 0.3) is 0 Å². The van der Waals surface area contributed by atoms with Gasteiger partial charge in [0.05, 0.1) is 18.1 Å². The number of carboxylic acids is 1. The minimum absolute atomic E-state index is 0.0632. The lowest BCUT2D eigenvalue weighted by molar-refractivity contribution is -0.178. The molecule has 21 heavy (non-hydrogen) atoms. The van der Waals surface area contributed by atoms with Crippen LogP contribution in [0.3, 0.4) is 0 Å². The summed E-state index contributed by atoms with van der Waals surface area (Å²) in [5, 5.41) is 9.79. The Morgan fingerprint density at radius 3 is 2.19 bits per heavy atom. The van der Waals surface area contributed by atoms with Crippen molar-refractivity contribution in [3.63, 3.8) is 0 Å². The van der Waals surface area contributed by atoms with Crippen molar-refractivity contribution in [3.05, 3.63) is 0 Å². The Morgan fingerprint density at radius 2 is 1.86 bits per heavy atom. The molecule has 0 radical (unpaired) electrons. The van der Waals surface area contributed by atoms with Gasteiger partial charge in [0, 0.05) is 5.92 Å². The van der Waals surface area contributed by atoms with Crippen molar-refractivity contribution in [2.75, 3.05) is 18.1 Å². The van der Waals surface area contributed by atoms with Gasteiger partial charge in [-0.05, 0) is 19.3 Å². The topological polar surface area (TPSA) is 97.7 Å². The summed E-state index contributed by atoms with van der Waals surface area (Å²) in [5.74, 6) is -3.54. The van der Waals surface area contributed by atoms with Crippen LogP contribution in [-0.4, -0.2) is 43.6 Å². The summed E-state index contributed by atoms with van der Waals surface area (Å²) in [7, 11) is -3.28. The molecular formula is C14H24O6S. The molecular weight excluding hydrogens is 296 g/mol. The van der Waals surface area contributed by atoms with Crippen molar-refractivity contribution in [2.45, 2.75) is 40.0 Å². The average molecular weight is 320 g/mol. The van der Waals surface area contributed by atoms with Gasteiger partial charge in [0.15, 0.2) is 15.3 Å². The Bertz CT molecular complexity index is 494. The summed E-state index contributed by atoms with van der Waals surface area (Å²) in [4.78, 5) is 24.5. The Balaban J connectivity index is 3.37. The Kier molecular flexibility index (Phi) is 5.78. The number of carbonyl (C=O) groups is 2. The standard InChI is InChI=1S/C14H24O6S/c1-4-10(5-2)14(12(15)16,13(17)20-6-3)11-7-8-21(18,19)9-11/h10-11H,4-9H2,1-3H3,(H,15,16). The van der Waals surface area contributed by atoms with E-state index in [2.05, 4.69) is 0 Å². The molecule has 0 bridgehead atoms. The number of carboxylic acid groups (broad SMARTS) is 1. The van der Waals surface area contributed by atoms with Crippen molar-refractivity contribution in [3.8, 4) is 0 Å². The van der Waals surface area contributed by atoms with E-state index in [0.717, 1.165) is 0 Å². The van der Waals surface area contributed by atoms with Gasteiger partial charge in [-0.3, -0.25) is 9.59 Å². The smallest absolute Gasteiger partial charge is 0.324 e. The number of sulfone groups is 1. The predicted molar refractivity (Wildman–Crippen MR) is 77.5 cm³/mol. The van der Waals surface area contributed by atoms with Crippen LogP contribution in [0.15, 0.2) is 0 Å². The zero-order chi connectivity index (χ0) is 16.3. The summed E-state index contributed by atoms with van der Waals surface area (Å²) in [6, 6.07) is 0. The number of ether oxygens (including phenoxy) is 1. The maximum atomic E-state index is 12.5. The zero-order valence-corrected chi connectivity index (χ0v) is 13.6. The van der Waals surface area contributed by atoms with Crippen molar-refractivity contribution in [2.24, 2.45) is 17.3 Å². The lowest BCUT2D eigenvalue weighted by Crippen LogP contribution is -2.52.